The Morgan fingerprint density at radius 3 is 2.64 bits per heavy atom. The van der Waals surface area contributed by atoms with E-state index in [2.05, 4.69) is 36.9 Å². The molecule has 0 radical (unpaired) electrons. The average molecular weight is 184 g/mol. The number of hydrogen-bond donors (Lipinski definition) is 0. The molecule has 0 aromatic heterocycles. The lowest BCUT2D eigenvalue weighted by Gasteiger charge is -2.10. The van der Waals surface area contributed by atoms with Crippen molar-refractivity contribution in [3.8, 4) is 0 Å². The lowest BCUT2D eigenvalue weighted by Crippen LogP contribution is -1.98. The summed E-state index contributed by atoms with van der Waals surface area (Å²) in [7, 11) is 0. The highest BCUT2D eigenvalue weighted by Crippen LogP contribution is 2.69. The van der Waals surface area contributed by atoms with Crippen LogP contribution in [0.5, 0.6) is 0 Å². The molecular formula is C14H16. The van der Waals surface area contributed by atoms with E-state index < -0.39 is 0 Å². The van der Waals surface area contributed by atoms with Crippen LogP contribution in [0.3, 0.4) is 0 Å². The molecule has 1 aromatic carbocycles. The van der Waals surface area contributed by atoms with Gasteiger partial charge in [0.25, 0.3) is 0 Å². The van der Waals surface area contributed by atoms with Crippen molar-refractivity contribution in [2.24, 2.45) is 5.41 Å². The Kier molecular flexibility index (Phi) is 1.61. The third-order valence-electron chi connectivity index (χ3n) is 4.08. The second-order valence-corrected chi connectivity index (χ2v) is 4.78. The summed E-state index contributed by atoms with van der Waals surface area (Å²) in [6.45, 7) is 4.25. The maximum atomic E-state index is 4.25. The van der Waals surface area contributed by atoms with E-state index >= 15 is 0 Å². The number of hydrogen-bond acceptors (Lipinski definition) is 0. The Bertz CT molecular complexity index is 363. The molecule has 0 nitrogen and oxygen atoms in total. The molecule has 2 aliphatic rings. The fourth-order valence-corrected chi connectivity index (χ4v) is 3.14. The molecule has 1 spiro atoms. The molecule has 0 bridgehead atoms. The van der Waals surface area contributed by atoms with E-state index in [0.717, 1.165) is 5.92 Å². The van der Waals surface area contributed by atoms with Crippen LogP contribution >= 0.6 is 0 Å². The Morgan fingerprint density at radius 2 is 2.00 bits per heavy atom. The van der Waals surface area contributed by atoms with E-state index in [1.54, 1.807) is 0 Å². The number of allylic oxidation sites excluding steroid dienone is 1. The van der Waals surface area contributed by atoms with E-state index in [9.17, 15) is 0 Å². The van der Waals surface area contributed by atoms with Crippen molar-refractivity contribution in [1.82, 2.24) is 0 Å². The first-order valence-electron chi connectivity index (χ1n) is 5.56. The average Bonchev–Trinajstić information content (AvgIpc) is 2.84. The van der Waals surface area contributed by atoms with Crippen molar-refractivity contribution >= 4 is 0 Å². The second-order valence-electron chi connectivity index (χ2n) is 4.78. The third kappa shape index (κ3) is 1.00. The molecule has 0 saturated heterocycles. The van der Waals surface area contributed by atoms with Crippen LogP contribution in [0.2, 0.25) is 0 Å². The fourth-order valence-electron chi connectivity index (χ4n) is 3.14. The van der Waals surface area contributed by atoms with Crippen LogP contribution in [0.1, 0.15) is 37.2 Å². The van der Waals surface area contributed by atoms with Gasteiger partial charge in [0.05, 0.1) is 0 Å². The van der Waals surface area contributed by atoms with Crippen LogP contribution in [-0.2, 0) is 0 Å². The molecule has 2 fully saturated rings. The van der Waals surface area contributed by atoms with E-state index in [1.807, 2.05) is 0 Å². The van der Waals surface area contributed by atoms with Crippen molar-refractivity contribution < 1.29 is 0 Å². The van der Waals surface area contributed by atoms with Crippen molar-refractivity contribution in [2.75, 3.05) is 0 Å². The van der Waals surface area contributed by atoms with Gasteiger partial charge in [-0.15, -0.1) is 0 Å². The molecule has 2 atom stereocenters. The van der Waals surface area contributed by atoms with E-state index in [1.165, 1.54) is 36.8 Å². The van der Waals surface area contributed by atoms with Crippen molar-refractivity contribution in [2.45, 2.75) is 31.6 Å². The zero-order chi connectivity index (χ0) is 9.60. The molecule has 2 unspecified atom stereocenters. The topological polar surface area (TPSA) is 0 Å². The van der Waals surface area contributed by atoms with Crippen LogP contribution in [0.15, 0.2) is 42.5 Å². The van der Waals surface area contributed by atoms with Crippen LogP contribution in [0.25, 0.3) is 0 Å². The second kappa shape index (κ2) is 2.73. The van der Waals surface area contributed by atoms with Crippen LogP contribution in [0, 0.1) is 5.41 Å². The molecule has 72 valence electrons. The minimum Gasteiger partial charge on any atom is -0.0993 e. The van der Waals surface area contributed by atoms with Gasteiger partial charge in [-0.25, -0.2) is 0 Å². The summed E-state index contributed by atoms with van der Waals surface area (Å²) in [5.41, 5.74) is 3.57. The Morgan fingerprint density at radius 1 is 1.21 bits per heavy atom. The molecule has 3 rings (SSSR count). The van der Waals surface area contributed by atoms with E-state index in [-0.39, 0.29) is 0 Å². The van der Waals surface area contributed by atoms with Gasteiger partial charge in [0.15, 0.2) is 0 Å². The van der Waals surface area contributed by atoms with Gasteiger partial charge < -0.3 is 0 Å². The van der Waals surface area contributed by atoms with Crippen LogP contribution in [-0.4, -0.2) is 0 Å². The van der Waals surface area contributed by atoms with E-state index in [0.29, 0.717) is 5.41 Å². The Hall–Kier alpha value is -1.04. The lowest BCUT2D eigenvalue weighted by atomic mass is 9.94. The zero-order valence-electron chi connectivity index (χ0n) is 8.50. The summed E-state index contributed by atoms with van der Waals surface area (Å²) >= 11 is 0. The molecule has 14 heavy (non-hydrogen) atoms. The van der Waals surface area contributed by atoms with Crippen LogP contribution < -0.4 is 0 Å². The summed E-state index contributed by atoms with van der Waals surface area (Å²) < 4.78 is 0. The molecule has 0 heteroatoms. The number of benzene rings is 1. The molecule has 2 saturated carbocycles. The van der Waals surface area contributed by atoms with Crippen LogP contribution in [0.4, 0.5) is 0 Å². The Balaban J connectivity index is 1.89. The summed E-state index contributed by atoms with van der Waals surface area (Å²) in [6.07, 6.45) is 5.37. The first-order valence-corrected chi connectivity index (χ1v) is 5.56. The highest BCUT2D eigenvalue weighted by molar-refractivity contribution is 5.38. The van der Waals surface area contributed by atoms with Gasteiger partial charge in [0, 0.05) is 0 Å². The first-order chi connectivity index (χ1) is 6.83. The summed E-state index contributed by atoms with van der Waals surface area (Å²) in [5.74, 6) is 0.790. The monoisotopic (exact) mass is 184 g/mol. The molecule has 2 aliphatic carbocycles. The minimum atomic E-state index is 0.529. The highest BCUT2D eigenvalue weighted by Gasteiger charge is 2.57. The maximum absolute atomic E-state index is 4.25. The van der Waals surface area contributed by atoms with Gasteiger partial charge in [-0.3, -0.25) is 0 Å². The van der Waals surface area contributed by atoms with Gasteiger partial charge in [0.1, 0.15) is 0 Å². The van der Waals surface area contributed by atoms with Gasteiger partial charge in [0.2, 0.25) is 0 Å². The molecule has 0 N–H and O–H groups in total. The molecule has 1 aromatic rings. The van der Waals surface area contributed by atoms with Crippen molar-refractivity contribution in [3.05, 3.63) is 48.0 Å². The van der Waals surface area contributed by atoms with Gasteiger partial charge in [-0.05, 0) is 42.6 Å². The zero-order valence-corrected chi connectivity index (χ0v) is 8.50. The SMILES string of the molecule is C=C1CCCC12CC2c1ccccc1. The number of rotatable bonds is 1. The van der Waals surface area contributed by atoms with Crippen molar-refractivity contribution in [1.29, 1.82) is 0 Å². The normalized spacial score (nSPS) is 35.1. The highest BCUT2D eigenvalue weighted by atomic mass is 14.6. The Labute approximate surface area is 85.6 Å². The fraction of sp³-hybridized carbons (Fsp3) is 0.429. The predicted molar refractivity (Wildman–Crippen MR) is 59.2 cm³/mol. The first kappa shape index (κ1) is 8.28. The molecular weight excluding hydrogens is 168 g/mol. The summed E-state index contributed by atoms with van der Waals surface area (Å²) in [6, 6.07) is 10.9. The molecule has 0 aliphatic heterocycles. The third-order valence-corrected chi connectivity index (χ3v) is 4.08. The standard InChI is InChI=1S/C14H16/c1-11-6-5-9-14(11)10-13(14)12-7-3-2-4-8-12/h2-4,7-8,13H,1,5-6,9-10H2. The largest absolute Gasteiger partial charge is 0.0993 e. The molecule has 0 heterocycles. The predicted octanol–water partition coefficient (Wildman–Crippen LogP) is 3.90. The minimum absolute atomic E-state index is 0.529. The summed E-state index contributed by atoms with van der Waals surface area (Å²) in [5, 5.41) is 0. The quantitative estimate of drug-likeness (QED) is 0.581. The van der Waals surface area contributed by atoms with Gasteiger partial charge >= 0.3 is 0 Å². The van der Waals surface area contributed by atoms with Gasteiger partial charge in [-0.2, -0.15) is 0 Å². The van der Waals surface area contributed by atoms with Gasteiger partial charge in [-0.1, -0.05) is 42.5 Å². The van der Waals surface area contributed by atoms with E-state index in [4.69, 9.17) is 0 Å². The smallest absolute Gasteiger partial charge is 0.00156 e. The van der Waals surface area contributed by atoms with Crippen molar-refractivity contribution in [3.63, 3.8) is 0 Å². The lowest BCUT2D eigenvalue weighted by molar-refractivity contribution is 0.600. The summed E-state index contributed by atoms with van der Waals surface area (Å²) in [4.78, 5) is 0. The molecule has 0 amide bonds. The maximum Gasteiger partial charge on any atom is -0.00156 e.